The first-order valence-electron chi connectivity index (χ1n) is 7.45. The second kappa shape index (κ2) is 5.60. The first-order valence-corrected chi connectivity index (χ1v) is 7.45. The minimum atomic E-state index is 0.323. The summed E-state index contributed by atoms with van der Waals surface area (Å²) in [5.74, 6) is 2.47. The summed E-state index contributed by atoms with van der Waals surface area (Å²) in [7, 11) is 2.09. The van der Waals surface area contributed by atoms with E-state index in [1.807, 2.05) is 0 Å². The Labute approximate surface area is 112 Å². The van der Waals surface area contributed by atoms with Gasteiger partial charge in [-0.15, -0.1) is 0 Å². The van der Waals surface area contributed by atoms with E-state index in [4.69, 9.17) is 0 Å². The molecule has 3 unspecified atom stereocenters. The summed E-state index contributed by atoms with van der Waals surface area (Å²) in [5, 5.41) is 0. The fourth-order valence-electron chi connectivity index (χ4n) is 3.26. The highest BCUT2D eigenvalue weighted by Gasteiger charge is 2.32. The van der Waals surface area contributed by atoms with E-state index in [1.54, 1.807) is 0 Å². The maximum absolute atomic E-state index is 12.3. The number of carbonyl (C=O) groups is 1. The zero-order valence-corrected chi connectivity index (χ0v) is 12.4. The van der Waals surface area contributed by atoms with E-state index >= 15 is 0 Å². The molecule has 1 amide bonds. The Kier molecular flexibility index (Phi) is 4.31. The monoisotopic (exact) mass is 252 g/mol. The molecule has 1 aliphatic carbocycles. The van der Waals surface area contributed by atoms with Crippen molar-refractivity contribution < 1.29 is 4.79 Å². The van der Waals surface area contributed by atoms with E-state index in [2.05, 4.69) is 37.6 Å². The van der Waals surface area contributed by atoms with Gasteiger partial charge in [-0.3, -0.25) is 9.69 Å². The molecular weight excluding hydrogens is 224 g/mol. The van der Waals surface area contributed by atoms with Gasteiger partial charge in [-0.1, -0.05) is 13.8 Å². The summed E-state index contributed by atoms with van der Waals surface area (Å²) in [6.07, 6.45) is 3.95. The smallest absolute Gasteiger partial charge is 0.236 e. The van der Waals surface area contributed by atoms with E-state index in [9.17, 15) is 4.79 Å². The third kappa shape index (κ3) is 3.47. The summed E-state index contributed by atoms with van der Waals surface area (Å²) < 4.78 is 0. The summed E-state index contributed by atoms with van der Waals surface area (Å²) in [5.41, 5.74) is 0. The fourth-order valence-corrected chi connectivity index (χ4v) is 3.26. The zero-order valence-electron chi connectivity index (χ0n) is 12.4. The van der Waals surface area contributed by atoms with Gasteiger partial charge in [-0.05, 0) is 51.0 Å². The van der Waals surface area contributed by atoms with E-state index in [0.29, 0.717) is 30.3 Å². The Hall–Kier alpha value is -0.570. The lowest BCUT2D eigenvalue weighted by Gasteiger charge is -2.36. The van der Waals surface area contributed by atoms with Crippen LogP contribution in [0.15, 0.2) is 0 Å². The Morgan fingerprint density at radius 2 is 1.83 bits per heavy atom. The molecule has 0 N–H and O–H groups in total. The summed E-state index contributed by atoms with van der Waals surface area (Å²) in [6.45, 7) is 9.27. The Morgan fingerprint density at radius 3 is 2.33 bits per heavy atom. The molecule has 3 atom stereocenters. The number of carbonyl (C=O) groups excluding carboxylic acids is 1. The highest BCUT2D eigenvalue weighted by Crippen LogP contribution is 2.34. The highest BCUT2D eigenvalue weighted by atomic mass is 16.2. The lowest BCUT2D eigenvalue weighted by Crippen LogP contribution is -2.47. The van der Waals surface area contributed by atoms with Crippen LogP contribution in [-0.4, -0.2) is 48.4 Å². The lowest BCUT2D eigenvalue weighted by atomic mass is 9.92. The summed E-state index contributed by atoms with van der Waals surface area (Å²) >= 11 is 0. The van der Waals surface area contributed by atoms with E-state index in [0.717, 1.165) is 19.0 Å². The molecular formula is C15H28N2O. The molecule has 3 heteroatoms. The molecule has 0 aromatic heterocycles. The van der Waals surface area contributed by atoms with Crippen LogP contribution in [0.5, 0.6) is 0 Å². The second-order valence-electron chi connectivity index (χ2n) is 6.74. The number of piperidine rings is 1. The molecule has 0 radical (unpaired) electrons. The number of likely N-dealkylation sites (tertiary alicyclic amines) is 1. The highest BCUT2D eigenvalue weighted by molar-refractivity contribution is 5.78. The lowest BCUT2D eigenvalue weighted by molar-refractivity contribution is -0.135. The molecule has 1 aliphatic heterocycles. The standard InChI is InChI=1S/C15H28N2O/c1-11-7-12(2)9-17(8-11)15(18)10-16(4)13(3)14-5-6-14/h11-14H,5-10H2,1-4H3. The van der Waals surface area contributed by atoms with Crippen molar-refractivity contribution in [3.8, 4) is 0 Å². The third-order valence-electron chi connectivity index (χ3n) is 4.61. The van der Waals surface area contributed by atoms with Gasteiger partial charge in [0, 0.05) is 19.1 Å². The van der Waals surface area contributed by atoms with Crippen molar-refractivity contribution >= 4 is 5.91 Å². The number of likely N-dealkylation sites (N-methyl/N-ethyl adjacent to an activating group) is 1. The van der Waals surface area contributed by atoms with Crippen LogP contribution in [0.1, 0.15) is 40.0 Å². The maximum Gasteiger partial charge on any atom is 0.236 e. The third-order valence-corrected chi connectivity index (χ3v) is 4.61. The van der Waals surface area contributed by atoms with Gasteiger partial charge in [0.1, 0.15) is 0 Å². The number of amides is 1. The Bertz CT molecular complexity index is 291. The minimum Gasteiger partial charge on any atom is -0.341 e. The molecule has 0 spiro atoms. The van der Waals surface area contributed by atoms with Crippen molar-refractivity contribution in [3.63, 3.8) is 0 Å². The van der Waals surface area contributed by atoms with Gasteiger partial charge >= 0.3 is 0 Å². The van der Waals surface area contributed by atoms with Crippen molar-refractivity contribution in [2.24, 2.45) is 17.8 Å². The maximum atomic E-state index is 12.3. The Balaban J connectivity index is 1.82. The molecule has 3 nitrogen and oxygen atoms in total. The van der Waals surface area contributed by atoms with Crippen molar-refractivity contribution in [1.29, 1.82) is 0 Å². The van der Waals surface area contributed by atoms with Gasteiger partial charge in [0.2, 0.25) is 5.91 Å². The van der Waals surface area contributed by atoms with Crippen LogP contribution in [0.3, 0.4) is 0 Å². The average Bonchev–Trinajstić information content (AvgIpc) is 3.10. The second-order valence-corrected chi connectivity index (χ2v) is 6.74. The van der Waals surface area contributed by atoms with Gasteiger partial charge in [0.05, 0.1) is 6.54 Å². The van der Waals surface area contributed by atoms with Crippen molar-refractivity contribution in [1.82, 2.24) is 9.80 Å². The van der Waals surface area contributed by atoms with Gasteiger partial charge in [0.15, 0.2) is 0 Å². The average molecular weight is 252 g/mol. The van der Waals surface area contributed by atoms with Crippen LogP contribution < -0.4 is 0 Å². The molecule has 104 valence electrons. The predicted molar refractivity (Wildman–Crippen MR) is 74.3 cm³/mol. The molecule has 2 rings (SSSR count). The van der Waals surface area contributed by atoms with Gasteiger partial charge in [-0.2, -0.15) is 0 Å². The Morgan fingerprint density at radius 1 is 1.28 bits per heavy atom. The van der Waals surface area contributed by atoms with Crippen molar-refractivity contribution in [2.75, 3.05) is 26.7 Å². The van der Waals surface area contributed by atoms with Crippen LogP contribution in [0.25, 0.3) is 0 Å². The molecule has 2 fully saturated rings. The normalized spacial score (nSPS) is 30.6. The molecule has 2 aliphatic rings. The van der Waals surface area contributed by atoms with E-state index in [-0.39, 0.29) is 0 Å². The topological polar surface area (TPSA) is 23.6 Å². The molecule has 1 saturated carbocycles. The van der Waals surface area contributed by atoms with Crippen molar-refractivity contribution in [2.45, 2.75) is 46.1 Å². The molecule has 0 bridgehead atoms. The van der Waals surface area contributed by atoms with Crippen LogP contribution >= 0.6 is 0 Å². The van der Waals surface area contributed by atoms with Crippen LogP contribution in [-0.2, 0) is 4.79 Å². The van der Waals surface area contributed by atoms with E-state index < -0.39 is 0 Å². The van der Waals surface area contributed by atoms with E-state index in [1.165, 1.54) is 19.3 Å². The zero-order chi connectivity index (χ0) is 13.3. The molecule has 0 aromatic carbocycles. The van der Waals surface area contributed by atoms with Crippen LogP contribution in [0, 0.1) is 17.8 Å². The van der Waals surface area contributed by atoms with Gasteiger partial charge in [0.25, 0.3) is 0 Å². The molecule has 1 saturated heterocycles. The molecule has 1 heterocycles. The molecule has 0 aromatic rings. The number of rotatable bonds is 4. The predicted octanol–water partition coefficient (Wildman–Crippen LogP) is 2.22. The first kappa shape index (κ1) is 13.9. The van der Waals surface area contributed by atoms with Crippen molar-refractivity contribution in [3.05, 3.63) is 0 Å². The summed E-state index contributed by atoms with van der Waals surface area (Å²) in [6, 6.07) is 0.564. The largest absolute Gasteiger partial charge is 0.341 e. The number of hydrogen-bond acceptors (Lipinski definition) is 2. The SMILES string of the molecule is CC1CC(C)CN(C(=O)CN(C)C(C)C2CC2)C1. The van der Waals surface area contributed by atoms with Crippen LogP contribution in [0.2, 0.25) is 0 Å². The van der Waals surface area contributed by atoms with Gasteiger partial charge < -0.3 is 4.90 Å². The summed E-state index contributed by atoms with van der Waals surface area (Å²) in [4.78, 5) is 16.6. The van der Waals surface area contributed by atoms with Crippen LogP contribution in [0.4, 0.5) is 0 Å². The quantitative estimate of drug-likeness (QED) is 0.766. The minimum absolute atomic E-state index is 0.323. The molecule has 18 heavy (non-hydrogen) atoms. The number of hydrogen-bond donors (Lipinski definition) is 0. The van der Waals surface area contributed by atoms with Gasteiger partial charge in [-0.25, -0.2) is 0 Å². The fraction of sp³-hybridized carbons (Fsp3) is 0.933. The first-order chi connectivity index (χ1) is 8.47. The number of nitrogens with zero attached hydrogens (tertiary/aromatic N) is 2.